The average molecular weight is 229 g/mol. The van der Waals surface area contributed by atoms with Gasteiger partial charge in [-0.15, -0.1) is 0 Å². The molecule has 0 saturated heterocycles. The van der Waals surface area contributed by atoms with E-state index in [-0.39, 0.29) is 5.82 Å². The fourth-order valence-electron chi connectivity index (χ4n) is 1.65. The van der Waals surface area contributed by atoms with Crippen molar-refractivity contribution in [1.82, 2.24) is 19.4 Å². The van der Waals surface area contributed by atoms with Crippen LogP contribution in [-0.4, -0.2) is 19.4 Å². The van der Waals surface area contributed by atoms with E-state index in [1.807, 2.05) is 0 Å². The molecular formula is C11H8FN5. The first-order valence-corrected chi connectivity index (χ1v) is 4.94. The lowest BCUT2D eigenvalue weighted by Gasteiger charge is -2.01. The van der Waals surface area contributed by atoms with Gasteiger partial charge in [0.05, 0.1) is 24.3 Å². The molecule has 0 fully saturated rings. The molecule has 0 aliphatic carbocycles. The van der Waals surface area contributed by atoms with E-state index in [0.29, 0.717) is 22.9 Å². The van der Waals surface area contributed by atoms with E-state index in [0.717, 1.165) is 0 Å². The third kappa shape index (κ3) is 1.59. The highest BCUT2D eigenvalue weighted by atomic mass is 19.1. The number of nitrogens with two attached hydrogens (primary N) is 1. The lowest BCUT2D eigenvalue weighted by atomic mass is 10.3. The smallest absolute Gasteiger partial charge is 0.142 e. The summed E-state index contributed by atoms with van der Waals surface area (Å²) in [6.45, 7) is 0. The van der Waals surface area contributed by atoms with Crippen LogP contribution in [-0.2, 0) is 0 Å². The molecule has 3 aromatic rings. The van der Waals surface area contributed by atoms with Crippen molar-refractivity contribution in [3.05, 3.63) is 42.7 Å². The molecule has 0 bridgehead atoms. The van der Waals surface area contributed by atoms with Gasteiger partial charge in [0, 0.05) is 6.20 Å². The lowest BCUT2D eigenvalue weighted by molar-refractivity contribution is 0.619. The standard InChI is InChI=1S/C11H8FN5/c12-7-1-2-11-15-4-9(17(11)6-7)8-3-14-5-10(13)16-8/h1-6H,(H2,13,16). The van der Waals surface area contributed by atoms with E-state index in [9.17, 15) is 4.39 Å². The van der Waals surface area contributed by atoms with Crippen molar-refractivity contribution in [3.8, 4) is 11.4 Å². The first-order chi connectivity index (χ1) is 8.24. The Morgan fingerprint density at radius 3 is 2.88 bits per heavy atom. The zero-order valence-corrected chi connectivity index (χ0v) is 8.71. The second kappa shape index (κ2) is 3.51. The highest BCUT2D eigenvalue weighted by Crippen LogP contribution is 2.19. The van der Waals surface area contributed by atoms with Gasteiger partial charge in [-0.3, -0.25) is 9.38 Å². The normalized spacial score (nSPS) is 10.9. The van der Waals surface area contributed by atoms with Gasteiger partial charge >= 0.3 is 0 Å². The van der Waals surface area contributed by atoms with Gasteiger partial charge in [-0.2, -0.15) is 0 Å². The van der Waals surface area contributed by atoms with Crippen LogP contribution >= 0.6 is 0 Å². The van der Waals surface area contributed by atoms with Gasteiger partial charge in [0.25, 0.3) is 0 Å². The molecule has 0 aromatic carbocycles. The lowest BCUT2D eigenvalue weighted by Crippen LogP contribution is -1.96. The molecular weight excluding hydrogens is 221 g/mol. The number of hydrogen-bond acceptors (Lipinski definition) is 4. The fourth-order valence-corrected chi connectivity index (χ4v) is 1.65. The van der Waals surface area contributed by atoms with Crippen LogP contribution in [0.3, 0.4) is 0 Å². The minimum atomic E-state index is -0.339. The molecule has 0 spiro atoms. The molecule has 0 unspecified atom stereocenters. The summed E-state index contributed by atoms with van der Waals surface area (Å²) in [5, 5.41) is 0. The molecule has 17 heavy (non-hydrogen) atoms. The Labute approximate surface area is 95.8 Å². The van der Waals surface area contributed by atoms with E-state index < -0.39 is 0 Å². The number of pyridine rings is 1. The maximum atomic E-state index is 13.2. The minimum absolute atomic E-state index is 0.314. The van der Waals surface area contributed by atoms with Crippen molar-refractivity contribution in [1.29, 1.82) is 0 Å². The molecule has 2 N–H and O–H groups in total. The van der Waals surface area contributed by atoms with E-state index >= 15 is 0 Å². The zero-order valence-electron chi connectivity index (χ0n) is 8.71. The van der Waals surface area contributed by atoms with Crippen molar-refractivity contribution in [2.75, 3.05) is 5.73 Å². The fraction of sp³-hybridized carbons (Fsp3) is 0. The van der Waals surface area contributed by atoms with Crippen LogP contribution in [0.15, 0.2) is 36.9 Å². The van der Waals surface area contributed by atoms with Crippen LogP contribution in [0, 0.1) is 5.82 Å². The van der Waals surface area contributed by atoms with Crippen molar-refractivity contribution in [2.45, 2.75) is 0 Å². The molecule has 0 amide bonds. The number of hydrogen-bond donors (Lipinski definition) is 1. The molecule has 3 rings (SSSR count). The zero-order chi connectivity index (χ0) is 11.8. The van der Waals surface area contributed by atoms with E-state index in [1.54, 1.807) is 22.9 Å². The molecule has 5 nitrogen and oxygen atoms in total. The topological polar surface area (TPSA) is 69.1 Å². The second-order valence-electron chi connectivity index (χ2n) is 3.55. The third-order valence-electron chi connectivity index (χ3n) is 2.39. The number of rotatable bonds is 1. The highest BCUT2D eigenvalue weighted by Gasteiger charge is 2.08. The van der Waals surface area contributed by atoms with Crippen molar-refractivity contribution < 1.29 is 4.39 Å². The summed E-state index contributed by atoms with van der Waals surface area (Å²) in [7, 11) is 0. The van der Waals surface area contributed by atoms with Crippen molar-refractivity contribution in [3.63, 3.8) is 0 Å². The van der Waals surface area contributed by atoms with Gasteiger partial charge in [0.2, 0.25) is 0 Å². The first-order valence-electron chi connectivity index (χ1n) is 4.94. The Morgan fingerprint density at radius 2 is 2.06 bits per heavy atom. The van der Waals surface area contributed by atoms with Crippen molar-refractivity contribution >= 4 is 11.5 Å². The van der Waals surface area contributed by atoms with Gasteiger partial charge in [0.1, 0.15) is 23.0 Å². The Hall–Kier alpha value is -2.50. The van der Waals surface area contributed by atoms with Crippen LogP contribution in [0.4, 0.5) is 10.2 Å². The molecule has 6 heteroatoms. The summed E-state index contributed by atoms with van der Waals surface area (Å²) in [6, 6.07) is 2.95. The first kappa shape index (κ1) is 9.71. The molecule has 0 atom stereocenters. The van der Waals surface area contributed by atoms with Crippen LogP contribution in [0.2, 0.25) is 0 Å². The molecule has 0 radical (unpaired) electrons. The SMILES string of the molecule is Nc1cncc(-c2cnc3ccc(F)cn23)n1. The predicted molar refractivity (Wildman–Crippen MR) is 60.6 cm³/mol. The number of anilines is 1. The number of halogens is 1. The van der Waals surface area contributed by atoms with E-state index in [1.165, 1.54) is 18.5 Å². The average Bonchev–Trinajstić information content (AvgIpc) is 2.71. The van der Waals surface area contributed by atoms with Crippen LogP contribution < -0.4 is 5.73 Å². The Kier molecular flexibility index (Phi) is 2.01. The number of nitrogens with zero attached hydrogens (tertiary/aromatic N) is 4. The van der Waals surface area contributed by atoms with Crippen LogP contribution in [0.5, 0.6) is 0 Å². The largest absolute Gasteiger partial charge is 0.382 e. The summed E-state index contributed by atoms with van der Waals surface area (Å²) in [4.78, 5) is 12.2. The van der Waals surface area contributed by atoms with Gasteiger partial charge in [0.15, 0.2) is 0 Å². The Bertz CT molecular complexity index is 691. The molecule has 0 saturated carbocycles. The van der Waals surface area contributed by atoms with Crippen molar-refractivity contribution in [2.24, 2.45) is 0 Å². The van der Waals surface area contributed by atoms with E-state index in [4.69, 9.17) is 5.73 Å². The van der Waals surface area contributed by atoms with Crippen LogP contribution in [0.1, 0.15) is 0 Å². The predicted octanol–water partition coefficient (Wildman–Crippen LogP) is 1.51. The number of imidazole rings is 1. The molecule has 0 aliphatic heterocycles. The number of fused-ring (bicyclic) bond motifs is 1. The summed E-state index contributed by atoms with van der Waals surface area (Å²) in [5.74, 6) is -0.0255. The summed E-state index contributed by atoms with van der Waals surface area (Å²) < 4.78 is 14.8. The molecule has 3 heterocycles. The maximum absolute atomic E-state index is 13.2. The maximum Gasteiger partial charge on any atom is 0.142 e. The second-order valence-corrected chi connectivity index (χ2v) is 3.55. The van der Waals surface area contributed by atoms with Gasteiger partial charge in [-0.05, 0) is 12.1 Å². The third-order valence-corrected chi connectivity index (χ3v) is 2.39. The van der Waals surface area contributed by atoms with E-state index in [2.05, 4.69) is 15.0 Å². The number of nitrogen functional groups attached to an aromatic ring is 1. The number of aromatic nitrogens is 4. The van der Waals surface area contributed by atoms with Crippen LogP contribution in [0.25, 0.3) is 17.0 Å². The Balaban J connectivity index is 2.27. The molecule has 3 aromatic heterocycles. The highest BCUT2D eigenvalue weighted by molar-refractivity contribution is 5.60. The van der Waals surface area contributed by atoms with Gasteiger partial charge in [-0.25, -0.2) is 14.4 Å². The monoisotopic (exact) mass is 229 g/mol. The summed E-state index contributed by atoms with van der Waals surface area (Å²) in [5.41, 5.74) is 7.42. The quantitative estimate of drug-likeness (QED) is 0.686. The van der Waals surface area contributed by atoms with Gasteiger partial charge in [-0.1, -0.05) is 0 Å². The summed E-state index contributed by atoms with van der Waals surface area (Å²) in [6.07, 6.45) is 5.97. The molecule has 84 valence electrons. The molecule has 0 aliphatic rings. The summed E-state index contributed by atoms with van der Waals surface area (Å²) >= 11 is 0. The minimum Gasteiger partial charge on any atom is -0.382 e. The van der Waals surface area contributed by atoms with Gasteiger partial charge < -0.3 is 5.73 Å². The Morgan fingerprint density at radius 1 is 1.18 bits per heavy atom.